The normalized spacial score (nSPS) is 34.1. The quantitative estimate of drug-likeness (QED) is 0.453. The Hall–Kier alpha value is -0.670. The molecule has 0 heterocycles. The van der Waals surface area contributed by atoms with Gasteiger partial charge in [0, 0.05) is 30.8 Å². The second-order valence-electron chi connectivity index (χ2n) is 5.72. The summed E-state index contributed by atoms with van der Waals surface area (Å²) in [4.78, 5) is 27.6. The number of alkyl halides is 1. The fourth-order valence-electron chi connectivity index (χ4n) is 3.69. The van der Waals surface area contributed by atoms with Gasteiger partial charge in [-0.05, 0) is 38.0 Å². The molecule has 0 radical (unpaired) electrons. The zero-order valence-electron chi connectivity index (χ0n) is 12.0. The zero-order chi connectivity index (χ0) is 15.0. The predicted octanol–water partition coefficient (Wildman–Crippen LogP) is 3.38. The maximum absolute atomic E-state index is 12.1. The Morgan fingerprint density at radius 2 is 1.70 bits per heavy atom. The van der Waals surface area contributed by atoms with Crippen LogP contribution in [0.4, 0.5) is 0 Å². The van der Waals surface area contributed by atoms with Crippen molar-refractivity contribution in [2.24, 2.45) is 22.7 Å². The van der Waals surface area contributed by atoms with E-state index in [1.165, 1.54) is 20.9 Å². The third-order valence-electron chi connectivity index (χ3n) is 4.53. The second kappa shape index (κ2) is 5.98. The van der Waals surface area contributed by atoms with Crippen LogP contribution in [-0.4, -0.2) is 29.7 Å². The Kier molecular flexibility index (Phi) is 4.70. The van der Waals surface area contributed by atoms with Crippen molar-refractivity contribution in [3.63, 3.8) is 0 Å². The number of hydrogen-bond acceptors (Lipinski definition) is 3. The van der Waals surface area contributed by atoms with Gasteiger partial charge in [-0.2, -0.15) is 0 Å². The summed E-state index contributed by atoms with van der Waals surface area (Å²) in [5.41, 5.74) is 0.665. The maximum Gasteiger partial charge on any atom is 0.179 e. The van der Waals surface area contributed by atoms with Gasteiger partial charge in [0.05, 0.1) is 5.03 Å². The van der Waals surface area contributed by atoms with Crippen LogP contribution in [0.1, 0.15) is 33.1 Å². The minimum atomic E-state index is -0.231. The van der Waals surface area contributed by atoms with Crippen LogP contribution in [0.25, 0.3) is 0 Å². The number of allylic oxidation sites excluding steroid dienone is 2. The van der Waals surface area contributed by atoms with E-state index in [1.54, 1.807) is 0 Å². The number of aliphatic imine (C=N–C) groups is 1. The average Bonchev–Trinajstić information content (AvgIpc) is 2.92. The Balaban J connectivity index is 2.47. The number of carbonyl (C=O) groups is 2. The maximum atomic E-state index is 12.1. The second-order valence-corrected chi connectivity index (χ2v) is 6.60. The molecule has 3 nitrogen and oxygen atoms in total. The van der Waals surface area contributed by atoms with Gasteiger partial charge in [-0.3, -0.25) is 14.6 Å². The lowest BCUT2D eigenvalue weighted by atomic mass is 9.80. The first-order valence-electron chi connectivity index (χ1n) is 6.91. The van der Waals surface area contributed by atoms with Gasteiger partial charge in [-0.15, -0.1) is 11.6 Å². The number of Topliss-reactive ketones (excluding diaryl/α,β-unsaturated/α-hetero) is 2. The fraction of sp³-hybridized carbons (Fsp3) is 0.667. The van der Waals surface area contributed by atoms with Crippen LogP contribution in [0.3, 0.4) is 0 Å². The molecule has 0 amide bonds. The number of carbonyl (C=O) groups excluding carboxylic acids is 2. The Bertz CT molecular complexity index is 508. The molecule has 0 aromatic carbocycles. The molecule has 2 fully saturated rings. The standard InChI is InChI=1S/C15H19Cl2NO2/c1-7(19)11(14(17)15(18-3)8(2)20)12-9-4-5-10(6-9)13(12)16/h9-10,12-13H,4-6H2,1-3H3/b14-11-,18-15-. The van der Waals surface area contributed by atoms with Crippen molar-refractivity contribution in [2.75, 3.05) is 7.05 Å². The minimum Gasteiger partial charge on any atom is -0.295 e. The molecule has 4 unspecified atom stereocenters. The van der Waals surface area contributed by atoms with Crippen molar-refractivity contribution >= 4 is 40.5 Å². The van der Waals surface area contributed by atoms with Crippen molar-refractivity contribution in [1.82, 2.24) is 0 Å². The minimum absolute atomic E-state index is 0.0449. The van der Waals surface area contributed by atoms with Crippen LogP contribution in [0.5, 0.6) is 0 Å². The van der Waals surface area contributed by atoms with Gasteiger partial charge in [0.1, 0.15) is 5.71 Å². The molecule has 2 saturated carbocycles. The van der Waals surface area contributed by atoms with Crippen LogP contribution in [0, 0.1) is 17.8 Å². The third-order valence-corrected chi connectivity index (χ3v) is 5.54. The average molecular weight is 316 g/mol. The molecule has 0 N–H and O–H groups in total. The molecule has 0 aromatic heterocycles. The molecule has 0 spiro atoms. The van der Waals surface area contributed by atoms with E-state index in [-0.39, 0.29) is 33.6 Å². The van der Waals surface area contributed by atoms with E-state index in [0.717, 1.165) is 19.3 Å². The van der Waals surface area contributed by atoms with Crippen LogP contribution >= 0.6 is 23.2 Å². The number of halogens is 2. The van der Waals surface area contributed by atoms with Gasteiger partial charge in [0.15, 0.2) is 11.6 Å². The summed E-state index contributed by atoms with van der Waals surface area (Å²) in [6.07, 6.45) is 3.26. The summed E-state index contributed by atoms with van der Waals surface area (Å²) in [7, 11) is 1.51. The van der Waals surface area contributed by atoms with Crippen LogP contribution in [-0.2, 0) is 9.59 Å². The molecule has 0 aliphatic heterocycles. The van der Waals surface area contributed by atoms with Crippen molar-refractivity contribution in [3.8, 4) is 0 Å². The van der Waals surface area contributed by atoms with Gasteiger partial charge >= 0.3 is 0 Å². The molecule has 4 atom stereocenters. The molecule has 2 bridgehead atoms. The highest BCUT2D eigenvalue weighted by Gasteiger charge is 2.49. The lowest BCUT2D eigenvalue weighted by Gasteiger charge is -2.28. The molecule has 2 aliphatic carbocycles. The largest absolute Gasteiger partial charge is 0.295 e. The molecular weight excluding hydrogens is 297 g/mol. The van der Waals surface area contributed by atoms with Crippen molar-refractivity contribution in [3.05, 3.63) is 10.6 Å². The van der Waals surface area contributed by atoms with E-state index in [1.807, 2.05) is 0 Å². The Labute approximate surface area is 129 Å². The molecule has 5 heteroatoms. The molecule has 2 rings (SSSR count). The lowest BCUT2D eigenvalue weighted by molar-refractivity contribution is -0.114. The van der Waals surface area contributed by atoms with Crippen molar-refractivity contribution < 1.29 is 9.59 Å². The molecule has 20 heavy (non-hydrogen) atoms. The first kappa shape index (κ1) is 15.7. The molecule has 110 valence electrons. The van der Waals surface area contributed by atoms with Gasteiger partial charge in [-0.25, -0.2) is 0 Å². The van der Waals surface area contributed by atoms with E-state index in [0.29, 0.717) is 17.4 Å². The first-order chi connectivity index (χ1) is 9.38. The number of ketones is 2. The number of rotatable bonds is 4. The molecule has 0 saturated heterocycles. The van der Waals surface area contributed by atoms with Crippen LogP contribution in [0.15, 0.2) is 15.6 Å². The third kappa shape index (κ3) is 2.58. The summed E-state index contributed by atoms with van der Waals surface area (Å²) in [6, 6.07) is 0. The summed E-state index contributed by atoms with van der Waals surface area (Å²) in [6.45, 7) is 2.89. The van der Waals surface area contributed by atoms with E-state index in [9.17, 15) is 9.59 Å². The highest BCUT2D eigenvalue weighted by atomic mass is 35.5. The number of hydrogen-bond donors (Lipinski definition) is 0. The lowest BCUT2D eigenvalue weighted by Crippen LogP contribution is -2.29. The summed E-state index contributed by atoms with van der Waals surface area (Å²) < 4.78 is 0. The number of fused-ring (bicyclic) bond motifs is 2. The van der Waals surface area contributed by atoms with Gasteiger partial charge in [0.25, 0.3) is 0 Å². The smallest absolute Gasteiger partial charge is 0.179 e. The monoisotopic (exact) mass is 315 g/mol. The molecular formula is C15H19Cl2NO2. The fourth-order valence-corrected chi connectivity index (χ4v) is 4.73. The predicted molar refractivity (Wildman–Crippen MR) is 81.6 cm³/mol. The molecule has 0 aromatic rings. The Morgan fingerprint density at radius 3 is 2.10 bits per heavy atom. The topological polar surface area (TPSA) is 46.5 Å². The highest BCUT2D eigenvalue weighted by molar-refractivity contribution is 6.60. The summed E-state index contributed by atoms with van der Waals surface area (Å²) in [5, 5.41) is 0.127. The van der Waals surface area contributed by atoms with Crippen molar-refractivity contribution in [1.29, 1.82) is 0 Å². The van der Waals surface area contributed by atoms with Crippen molar-refractivity contribution in [2.45, 2.75) is 38.5 Å². The van der Waals surface area contributed by atoms with E-state index < -0.39 is 0 Å². The van der Waals surface area contributed by atoms with Gasteiger partial charge in [0.2, 0.25) is 0 Å². The number of nitrogens with zero attached hydrogens (tertiary/aromatic N) is 1. The van der Waals surface area contributed by atoms with Crippen LogP contribution in [0.2, 0.25) is 0 Å². The van der Waals surface area contributed by atoms with Crippen LogP contribution < -0.4 is 0 Å². The van der Waals surface area contributed by atoms with E-state index in [2.05, 4.69) is 4.99 Å². The Morgan fingerprint density at radius 1 is 1.10 bits per heavy atom. The highest BCUT2D eigenvalue weighted by Crippen LogP contribution is 2.54. The summed E-state index contributed by atoms with van der Waals surface area (Å²) >= 11 is 12.8. The SMILES string of the molecule is C/N=C(C(C)=O)\C(Cl)=C(/C(C)=O)C1C2CCC(C2)C1Cl. The molecule has 2 aliphatic rings. The first-order valence-corrected chi connectivity index (χ1v) is 7.72. The summed E-state index contributed by atoms with van der Waals surface area (Å²) in [5.74, 6) is 0.479. The van der Waals surface area contributed by atoms with Gasteiger partial charge in [-0.1, -0.05) is 11.6 Å². The van der Waals surface area contributed by atoms with E-state index >= 15 is 0 Å². The van der Waals surface area contributed by atoms with Gasteiger partial charge < -0.3 is 0 Å². The zero-order valence-corrected chi connectivity index (χ0v) is 13.5. The van der Waals surface area contributed by atoms with E-state index in [4.69, 9.17) is 23.2 Å².